The van der Waals surface area contributed by atoms with Crippen LogP contribution in [0.3, 0.4) is 0 Å². The van der Waals surface area contributed by atoms with Crippen molar-refractivity contribution in [3.8, 4) is 22.6 Å². The first-order valence-corrected chi connectivity index (χ1v) is 13.1. The summed E-state index contributed by atoms with van der Waals surface area (Å²) >= 11 is 6.25. The van der Waals surface area contributed by atoms with E-state index in [9.17, 15) is 22.8 Å². The number of alkyl halides is 3. The number of nitrogens with zero attached hydrogens (tertiary/aromatic N) is 5. The van der Waals surface area contributed by atoms with Crippen molar-refractivity contribution in [1.29, 1.82) is 0 Å². The van der Waals surface area contributed by atoms with Crippen molar-refractivity contribution in [1.82, 2.24) is 29.9 Å². The van der Waals surface area contributed by atoms with E-state index in [0.29, 0.717) is 33.8 Å². The van der Waals surface area contributed by atoms with Crippen LogP contribution >= 0.6 is 11.6 Å². The van der Waals surface area contributed by atoms with Crippen molar-refractivity contribution in [2.75, 3.05) is 14.2 Å². The summed E-state index contributed by atoms with van der Waals surface area (Å²) in [6.45, 7) is 1.91. The van der Waals surface area contributed by atoms with Crippen molar-refractivity contribution < 1.29 is 22.7 Å². The van der Waals surface area contributed by atoms with E-state index >= 15 is 0 Å². The Balaban J connectivity index is 1.59. The number of fused-ring (bicyclic) bond motifs is 1. The fourth-order valence-corrected chi connectivity index (χ4v) is 4.93. The summed E-state index contributed by atoms with van der Waals surface area (Å²) in [7, 11) is 2.98. The highest BCUT2D eigenvalue weighted by atomic mass is 35.5. The van der Waals surface area contributed by atoms with E-state index in [1.165, 1.54) is 35.9 Å². The SMILES string of the molecule is CCC(c1cc2ccc(C(=O)NC)cc2cn1)n1cc(OC)c(-c2cc(Cl)ccc2-n2cc(C(F)(F)F)nn2)cc1=O. The van der Waals surface area contributed by atoms with Gasteiger partial charge >= 0.3 is 6.18 Å². The monoisotopic (exact) mass is 596 g/mol. The molecule has 13 heteroatoms. The summed E-state index contributed by atoms with van der Waals surface area (Å²) in [5, 5.41) is 11.4. The third kappa shape index (κ3) is 5.45. The minimum atomic E-state index is -4.68. The smallest absolute Gasteiger partial charge is 0.436 e. The van der Waals surface area contributed by atoms with Crippen molar-refractivity contribution in [2.24, 2.45) is 0 Å². The zero-order valence-electron chi connectivity index (χ0n) is 22.6. The second-order valence-corrected chi connectivity index (χ2v) is 9.82. The lowest BCUT2D eigenvalue weighted by molar-refractivity contribution is -0.141. The van der Waals surface area contributed by atoms with Gasteiger partial charge in [0, 0.05) is 46.4 Å². The number of ether oxygens (including phenoxy) is 1. The number of benzene rings is 2. The zero-order chi connectivity index (χ0) is 30.2. The summed E-state index contributed by atoms with van der Waals surface area (Å²) in [5.41, 5.74) is 0.426. The van der Waals surface area contributed by atoms with Crippen LogP contribution in [-0.4, -0.2) is 44.6 Å². The number of halogens is 4. The Morgan fingerprint density at radius 3 is 2.52 bits per heavy atom. The topological polar surface area (TPSA) is 104 Å². The van der Waals surface area contributed by atoms with E-state index in [2.05, 4.69) is 20.6 Å². The Morgan fingerprint density at radius 2 is 1.86 bits per heavy atom. The van der Waals surface area contributed by atoms with Crippen LogP contribution < -0.4 is 15.6 Å². The minimum absolute atomic E-state index is 0.210. The number of methoxy groups -OCH3 is 1. The van der Waals surface area contributed by atoms with Crippen LogP contribution in [0.5, 0.6) is 5.75 Å². The third-order valence-electron chi connectivity index (χ3n) is 6.84. The molecular weight excluding hydrogens is 573 g/mol. The number of nitrogens with one attached hydrogen (secondary N) is 1. The molecule has 0 aliphatic carbocycles. The first kappa shape index (κ1) is 28.8. The molecule has 0 bridgehead atoms. The average molecular weight is 597 g/mol. The molecule has 2 aromatic carbocycles. The quantitative estimate of drug-likeness (QED) is 0.259. The Hall–Kier alpha value is -4.71. The van der Waals surface area contributed by atoms with Crippen LogP contribution in [0.15, 0.2) is 71.9 Å². The lowest BCUT2D eigenvalue weighted by atomic mass is 10.0. The Bertz CT molecular complexity index is 1870. The van der Waals surface area contributed by atoms with Gasteiger partial charge in [-0.25, -0.2) is 4.68 Å². The lowest BCUT2D eigenvalue weighted by Gasteiger charge is -2.21. The molecule has 0 aliphatic heterocycles. The van der Waals surface area contributed by atoms with Crippen LogP contribution in [0.1, 0.15) is 41.1 Å². The molecule has 0 saturated carbocycles. The fraction of sp³-hybridized carbons (Fsp3) is 0.207. The fourth-order valence-electron chi connectivity index (χ4n) is 4.76. The van der Waals surface area contributed by atoms with Gasteiger partial charge in [0.15, 0.2) is 5.69 Å². The molecule has 216 valence electrons. The lowest BCUT2D eigenvalue weighted by Crippen LogP contribution is -2.25. The van der Waals surface area contributed by atoms with E-state index in [-0.39, 0.29) is 17.3 Å². The van der Waals surface area contributed by atoms with Crippen LogP contribution in [0.4, 0.5) is 13.2 Å². The first-order valence-electron chi connectivity index (χ1n) is 12.8. The molecule has 1 amide bonds. The normalized spacial score (nSPS) is 12.4. The number of hydrogen-bond acceptors (Lipinski definition) is 6. The minimum Gasteiger partial charge on any atom is -0.495 e. The second kappa shape index (κ2) is 11.3. The van der Waals surface area contributed by atoms with Crippen LogP contribution in [-0.2, 0) is 6.18 Å². The van der Waals surface area contributed by atoms with Gasteiger partial charge in [0.05, 0.1) is 36.9 Å². The molecule has 9 nitrogen and oxygen atoms in total. The van der Waals surface area contributed by atoms with Crippen LogP contribution in [0, 0.1) is 0 Å². The van der Waals surface area contributed by atoms with Gasteiger partial charge < -0.3 is 14.6 Å². The molecule has 0 radical (unpaired) electrons. The van der Waals surface area contributed by atoms with Gasteiger partial charge in [0.2, 0.25) is 0 Å². The number of carbonyl (C=O) groups excluding carboxylic acids is 1. The largest absolute Gasteiger partial charge is 0.495 e. The number of rotatable bonds is 7. The highest BCUT2D eigenvalue weighted by Gasteiger charge is 2.35. The Kier molecular flexibility index (Phi) is 7.74. The Morgan fingerprint density at radius 1 is 1.07 bits per heavy atom. The predicted octanol–water partition coefficient (Wildman–Crippen LogP) is 5.68. The van der Waals surface area contributed by atoms with E-state index in [1.807, 2.05) is 19.1 Å². The molecule has 42 heavy (non-hydrogen) atoms. The molecule has 5 aromatic rings. The zero-order valence-corrected chi connectivity index (χ0v) is 23.4. The highest BCUT2D eigenvalue weighted by Crippen LogP contribution is 2.37. The second-order valence-electron chi connectivity index (χ2n) is 9.38. The van der Waals surface area contributed by atoms with Crippen molar-refractivity contribution >= 4 is 28.3 Å². The first-order chi connectivity index (χ1) is 20.0. The molecule has 0 fully saturated rings. The van der Waals surface area contributed by atoms with Gasteiger partial charge in [0.1, 0.15) is 5.75 Å². The molecule has 3 heterocycles. The molecule has 1 unspecified atom stereocenters. The van der Waals surface area contributed by atoms with Gasteiger partial charge in [-0.2, -0.15) is 13.2 Å². The van der Waals surface area contributed by atoms with Gasteiger partial charge in [-0.05, 0) is 48.2 Å². The Labute approximate surface area is 242 Å². The van der Waals surface area contributed by atoms with Crippen molar-refractivity contribution in [2.45, 2.75) is 25.6 Å². The van der Waals surface area contributed by atoms with Gasteiger partial charge in [-0.3, -0.25) is 14.6 Å². The molecule has 5 rings (SSSR count). The third-order valence-corrected chi connectivity index (χ3v) is 7.07. The standard InChI is InChI=1S/C29H24ClF3N6O3/c1-4-23(22-10-16-5-6-17(28(41)34-2)9-18(16)13-35-22)38-14-25(42-3)21(12-27(38)40)20-11-19(30)7-8-24(20)39-15-26(36-37-39)29(31,32)33/h5-15,23H,4H2,1-3H3,(H,34,41). The maximum Gasteiger partial charge on any atom is 0.436 e. The predicted molar refractivity (Wildman–Crippen MR) is 151 cm³/mol. The number of aromatic nitrogens is 5. The summed E-state index contributed by atoms with van der Waals surface area (Å²) < 4.78 is 47.7. The van der Waals surface area contributed by atoms with E-state index in [1.54, 1.807) is 31.6 Å². The number of carbonyl (C=O) groups is 1. The average Bonchev–Trinajstić information content (AvgIpc) is 3.48. The van der Waals surface area contributed by atoms with E-state index in [0.717, 1.165) is 21.7 Å². The van der Waals surface area contributed by atoms with Crippen molar-refractivity contribution in [3.63, 3.8) is 0 Å². The summed E-state index contributed by atoms with van der Waals surface area (Å²) in [4.78, 5) is 30.2. The molecule has 1 atom stereocenters. The number of pyridine rings is 2. The van der Waals surface area contributed by atoms with Crippen LogP contribution in [0.25, 0.3) is 27.6 Å². The molecule has 0 aliphatic rings. The van der Waals surface area contributed by atoms with Crippen molar-refractivity contribution in [3.05, 3.63) is 99.4 Å². The van der Waals surface area contributed by atoms with E-state index in [4.69, 9.17) is 16.3 Å². The van der Waals surface area contributed by atoms with E-state index < -0.39 is 23.5 Å². The maximum atomic E-state index is 13.6. The summed E-state index contributed by atoms with van der Waals surface area (Å²) in [5.74, 6) is 0.0716. The molecule has 1 N–H and O–H groups in total. The van der Waals surface area contributed by atoms with Gasteiger partial charge in [-0.1, -0.05) is 29.8 Å². The number of amides is 1. The molecular formula is C29H24ClF3N6O3. The molecule has 0 spiro atoms. The highest BCUT2D eigenvalue weighted by molar-refractivity contribution is 6.31. The van der Waals surface area contributed by atoms with Crippen LogP contribution in [0.2, 0.25) is 5.02 Å². The van der Waals surface area contributed by atoms with Gasteiger partial charge in [0.25, 0.3) is 11.5 Å². The summed E-state index contributed by atoms with van der Waals surface area (Å²) in [6.07, 6.45) is -0.210. The molecule has 3 aromatic heterocycles. The van der Waals surface area contributed by atoms with Gasteiger partial charge in [-0.15, -0.1) is 5.10 Å². The summed E-state index contributed by atoms with van der Waals surface area (Å²) in [6, 6.07) is 12.5. The maximum absolute atomic E-state index is 13.6. The molecule has 0 saturated heterocycles. The number of hydrogen-bond donors (Lipinski definition) is 1.